The van der Waals surface area contributed by atoms with Gasteiger partial charge in [0.15, 0.2) is 0 Å². The topological polar surface area (TPSA) is 21.3 Å². The van der Waals surface area contributed by atoms with Crippen LogP contribution in [0.25, 0.3) is 0 Å². The normalized spacial score (nSPS) is 12.1. The Hall–Kier alpha value is -1.00. The van der Waals surface area contributed by atoms with E-state index in [-0.39, 0.29) is 11.0 Å². The number of rotatable bonds is 8. The summed E-state index contributed by atoms with van der Waals surface area (Å²) in [5.41, 5.74) is 1.11. The molecule has 1 rings (SSSR count). The second-order valence-corrected chi connectivity index (χ2v) is 5.56. The predicted octanol–water partition coefficient (Wildman–Crippen LogP) is 3.78. The zero-order chi connectivity index (χ0) is 14.3. The van der Waals surface area contributed by atoms with Crippen molar-refractivity contribution in [3.63, 3.8) is 0 Å². The summed E-state index contributed by atoms with van der Waals surface area (Å²) in [4.78, 5) is 0. The lowest BCUT2D eigenvalue weighted by molar-refractivity contribution is 0.150. The average molecular weight is 271 g/mol. The van der Waals surface area contributed by atoms with E-state index in [0.717, 1.165) is 25.1 Å². The highest BCUT2D eigenvalue weighted by Gasteiger charge is 2.16. The lowest BCUT2D eigenvalue weighted by Crippen LogP contribution is -2.30. The van der Waals surface area contributed by atoms with Gasteiger partial charge in [-0.1, -0.05) is 32.0 Å². The molecule has 0 atom stereocenters. The largest absolute Gasteiger partial charge is 0.385 e. The van der Waals surface area contributed by atoms with E-state index in [9.17, 15) is 8.78 Å². The molecule has 0 bridgehead atoms. The van der Waals surface area contributed by atoms with E-state index >= 15 is 0 Å². The third-order valence-electron chi connectivity index (χ3n) is 3.12. The first-order valence-electron chi connectivity index (χ1n) is 6.51. The Morgan fingerprint density at radius 2 is 2.05 bits per heavy atom. The van der Waals surface area contributed by atoms with Crippen LogP contribution in [0.5, 0.6) is 0 Å². The van der Waals surface area contributed by atoms with Crippen LogP contribution in [0, 0.1) is 5.41 Å². The zero-order valence-corrected chi connectivity index (χ0v) is 11.9. The Kier molecular flexibility index (Phi) is 6.38. The molecule has 0 aliphatic carbocycles. The van der Waals surface area contributed by atoms with Crippen LogP contribution in [0.4, 0.5) is 8.78 Å². The van der Waals surface area contributed by atoms with Crippen molar-refractivity contribution in [2.24, 2.45) is 5.41 Å². The molecule has 0 radical (unpaired) electrons. The Labute approximate surface area is 114 Å². The van der Waals surface area contributed by atoms with Gasteiger partial charge >= 0.3 is 0 Å². The van der Waals surface area contributed by atoms with Crippen LogP contribution in [-0.4, -0.2) is 20.3 Å². The number of halogens is 2. The molecular weight excluding hydrogens is 248 g/mol. The lowest BCUT2D eigenvalue weighted by Gasteiger charge is -2.24. The van der Waals surface area contributed by atoms with Gasteiger partial charge < -0.3 is 10.1 Å². The van der Waals surface area contributed by atoms with Crippen molar-refractivity contribution < 1.29 is 13.5 Å². The molecule has 1 aromatic carbocycles. The highest BCUT2D eigenvalue weighted by Crippen LogP contribution is 2.21. The van der Waals surface area contributed by atoms with E-state index in [1.165, 1.54) is 6.07 Å². The van der Waals surface area contributed by atoms with Crippen molar-refractivity contribution in [3.05, 3.63) is 35.4 Å². The molecule has 1 aromatic rings. The number of methoxy groups -OCH3 is 1. The molecular formula is C15H23F2NO. The minimum atomic E-state index is -2.40. The van der Waals surface area contributed by atoms with Gasteiger partial charge in [0.25, 0.3) is 6.43 Å². The SMILES string of the molecule is COCCC(C)(C)CNCc1cccc(C(F)F)c1. The van der Waals surface area contributed by atoms with Crippen LogP contribution in [0.3, 0.4) is 0 Å². The van der Waals surface area contributed by atoms with E-state index in [1.54, 1.807) is 19.2 Å². The van der Waals surface area contributed by atoms with Crippen molar-refractivity contribution in [2.45, 2.75) is 33.2 Å². The molecule has 0 aliphatic rings. The summed E-state index contributed by atoms with van der Waals surface area (Å²) in [7, 11) is 1.69. The van der Waals surface area contributed by atoms with Crippen LogP contribution in [0.1, 0.15) is 37.8 Å². The van der Waals surface area contributed by atoms with Crippen molar-refractivity contribution in [3.8, 4) is 0 Å². The molecule has 108 valence electrons. The van der Waals surface area contributed by atoms with Crippen molar-refractivity contribution in [1.82, 2.24) is 5.32 Å². The summed E-state index contributed by atoms with van der Waals surface area (Å²) in [5.74, 6) is 0. The fraction of sp³-hybridized carbons (Fsp3) is 0.600. The summed E-state index contributed by atoms with van der Waals surface area (Å²) in [5, 5.41) is 3.32. The van der Waals surface area contributed by atoms with E-state index < -0.39 is 6.43 Å². The van der Waals surface area contributed by atoms with Gasteiger partial charge in [0.1, 0.15) is 0 Å². The van der Waals surface area contributed by atoms with E-state index in [1.807, 2.05) is 6.07 Å². The molecule has 19 heavy (non-hydrogen) atoms. The molecule has 2 nitrogen and oxygen atoms in total. The van der Waals surface area contributed by atoms with Crippen molar-refractivity contribution in [1.29, 1.82) is 0 Å². The maximum absolute atomic E-state index is 12.6. The van der Waals surface area contributed by atoms with Gasteiger partial charge in [-0.05, 0) is 23.5 Å². The number of hydrogen-bond donors (Lipinski definition) is 1. The highest BCUT2D eigenvalue weighted by molar-refractivity contribution is 5.24. The smallest absolute Gasteiger partial charge is 0.263 e. The molecule has 0 saturated carbocycles. The minimum absolute atomic E-state index is 0.0814. The van der Waals surface area contributed by atoms with Crippen molar-refractivity contribution >= 4 is 0 Å². The van der Waals surface area contributed by atoms with Crippen LogP contribution in [0.2, 0.25) is 0 Å². The molecule has 1 N–H and O–H groups in total. The summed E-state index contributed by atoms with van der Waals surface area (Å²) in [6.45, 7) is 6.49. The predicted molar refractivity (Wildman–Crippen MR) is 73.4 cm³/mol. The molecule has 4 heteroatoms. The molecule has 0 heterocycles. The summed E-state index contributed by atoms with van der Waals surface area (Å²) >= 11 is 0. The summed E-state index contributed by atoms with van der Waals surface area (Å²) in [6, 6.07) is 6.55. The quantitative estimate of drug-likeness (QED) is 0.777. The third-order valence-corrected chi connectivity index (χ3v) is 3.12. The molecule has 0 aromatic heterocycles. The standard InChI is InChI=1S/C15H23F2NO/c1-15(2,7-8-19-3)11-18-10-12-5-4-6-13(9-12)14(16)17/h4-6,9,14,18H,7-8,10-11H2,1-3H3. The van der Waals surface area contributed by atoms with E-state index in [2.05, 4.69) is 19.2 Å². The molecule has 0 amide bonds. The number of nitrogens with one attached hydrogen (secondary N) is 1. The minimum Gasteiger partial charge on any atom is -0.385 e. The highest BCUT2D eigenvalue weighted by atomic mass is 19.3. The number of alkyl halides is 2. The molecule has 0 spiro atoms. The van der Waals surface area contributed by atoms with Crippen LogP contribution >= 0.6 is 0 Å². The second-order valence-electron chi connectivity index (χ2n) is 5.56. The molecule has 0 unspecified atom stereocenters. The number of hydrogen-bond acceptors (Lipinski definition) is 2. The second kappa shape index (κ2) is 7.56. The number of ether oxygens (including phenoxy) is 1. The Balaban J connectivity index is 2.42. The molecule has 0 fully saturated rings. The van der Waals surface area contributed by atoms with Crippen molar-refractivity contribution in [2.75, 3.05) is 20.3 Å². The summed E-state index contributed by atoms with van der Waals surface area (Å²) in [6.07, 6.45) is -1.44. The monoisotopic (exact) mass is 271 g/mol. The van der Waals surface area contributed by atoms with Gasteiger partial charge in [-0.25, -0.2) is 8.78 Å². The first-order valence-corrected chi connectivity index (χ1v) is 6.51. The maximum Gasteiger partial charge on any atom is 0.263 e. The van der Waals surface area contributed by atoms with E-state index in [4.69, 9.17) is 4.74 Å². The first kappa shape index (κ1) is 16.1. The zero-order valence-electron chi connectivity index (χ0n) is 11.9. The molecule has 0 aliphatic heterocycles. The third kappa shape index (κ3) is 6.12. The van der Waals surface area contributed by atoms with Gasteiger partial charge in [0, 0.05) is 32.4 Å². The Morgan fingerprint density at radius 1 is 1.32 bits per heavy atom. The van der Waals surface area contributed by atoms with Gasteiger partial charge in [0.05, 0.1) is 0 Å². The summed E-state index contributed by atoms with van der Waals surface area (Å²) < 4.78 is 30.2. The van der Waals surface area contributed by atoms with Gasteiger partial charge in [0.2, 0.25) is 0 Å². The Bertz CT molecular complexity index is 380. The fourth-order valence-corrected chi connectivity index (χ4v) is 1.85. The molecule has 0 saturated heterocycles. The fourth-order valence-electron chi connectivity index (χ4n) is 1.85. The maximum atomic E-state index is 12.6. The van der Waals surface area contributed by atoms with E-state index in [0.29, 0.717) is 6.54 Å². The Morgan fingerprint density at radius 3 is 2.68 bits per heavy atom. The van der Waals surface area contributed by atoms with Gasteiger partial charge in [-0.15, -0.1) is 0 Å². The van der Waals surface area contributed by atoms with Crippen LogP contribution < -0.4 is 5.32 Å². The first-order chi connectivity index (χ1) is 8.94. The van der Waals surface area contributed by atoms with Gasteiger partial charge in [-0.3, -0.25) is 0 Å². The van der Waals surface area contributed by atoms with Crippen LogP contribution in [0.15, 0.2) is 24.3 Å². The van der Waals surface area contributed by atoms with Gasteiger partial charge in [-0.2, -0.15) is 0 Å². The average Bonchev–Trinajstić information content (AvgIpc) is 2.36. The number of benzene rings is 1. The lowest BCUT2D eigenvalue weighted by atomic mass is 9.89. The van der Waals surface area contributed by atoms with Crippen LogP contribution in [-0.2, 0) is 11.3 Å².